The number of nitrogens with zero attached hydrogens (tertiary/aromatic N) is 3. The SMILES string of the molecule is CCCNCc1cn(CCOCC(C)C)nn1. The first kappa shape index (κ1) is 14.1. The van der Waals surface area contributed by atoms with Gasteiger partial charge in [-0.15, -0.1) is 5.10 Å². The summed E-state index contributed by atoms with van der Waals surface area (Å²) in [6.45, 7) is 10.5. The van der Waals surface area contributed by atoms with Crippen molar-refractivity contribution in [1.29, 1.82) is 0 Å². The molecule has 1 heterocycles. The van der Waals surface area contributed by atoms with Crippen LogP contribution in [0.1, 0.15) is 32.9 Å². The van der Waals surface area contributed by atoms with Gasteiger partial charge in [-0.1, -0.05) is 26.0 Å². The Morgan fingerprint density at radius 2 is 2.29 bits per heavy atom. The van der Waals surface area contributed by atoms with Crippen molar-refractivity contribution in [2.24, 2.45) is 5.92 Å². The normalized spacial score (nSPS) is 11.3. The van der Waals surface area contributed by atoms with Gasteiger partial charge < -0.3 is 10.1 Å². The van der Waals surface area contributed by atoms with E-state index < -0.39 is 0 Å². The second kappa shape index (κ2) is 8.20. The first-order valence-electron chi connectivity index (χ1n) is 6.39. The molecule has 1 N–H and O–H groups in total. The van der Waals surface area contributed by atoms with Gasteiger partial charge in [0.05, 0.1) is 18.8 Å². The van der Waals surface area contributed by atoms with Crippen molar-refractivity contribution in [3.63, 3.8) is 0 Å². The zero-order valence-electron chi connectivity index (χ0n) is 11.1. The van der Waals surface area contributed by atoms with Gasteiger partial charge in [0.25, 0.3) is 0 Å². The predicted molar refractivity (Wildman–Crippen MR) is 67.7 cm³/mol. The number of hydrogen-bond donors (Lipinski definition) is 1. The molecule has 0 aliphatic heterocycles. The Bertz CT molecular complexity index is 298. The molecular formula is C12H24N4O. The largest absolute Gasteiger partial charge is 0.379 e. The van der Waals surface area contributed by atoms with Gasteiger partial charge in [-0.25, -0.2) is 4.68 Å². The van der Waals surface area contributed by atoms with Crippen molar-refractivity contribution in [2.45, 2.75) is 40.3 Å². The summed E-state index contributed by atoms with van der Waals surface area (Å²) in [4.78, 5) is 0. The van der Waals surface area contributed by atoms with Gasteiger partial charge in [0.2, 0.25) is 0 Å². The Hall–Kier alpha value is -0.940. The molecule has 0 unspecified atom stereocenters. The van der Waals surface area contributed by atoms with Crippen molar-refractivity contribution in [3.8, 4) is 0 Å². The topological polar surface area (TPSA) is 52.0 Å². The minimum absolute atomic E-state index is 0.583. The van der Waals surface area contributed by atoms with E-state index in [-0.39, 0.29) is 0 Å². The van der Waals surface area contributed by atoms with Gasteiger partial charge in [0.1, 0.15) is 0 Å². The van der Waals surface area contributed by atoms with E-state index in [0.29, 0.717) is 12.5 Å². The van der Waals surface area contributed by atoms with Gasteiger partial charge in [-0.3, -0.25) is 0 Å². The number of rotatable bonds is 9. The van der Waals surface area contributed by atoms with Crippen LogP contribution in [0.2, 0.25) is 0 Å². The molecule has 17 heavy (non-hydrogen) atoms. The molecule has 0 amide bonds. The van der Waals surface area contributed by atoms with Gasteiger partial charge in [-0.05, 0) is 18.9 Å². The van der Waals surface area contributed by atoms with E-state index in [0.717, 1.165) is 38.4 Å². The van der Waals surface area contributed by atoms with E-state index in [1.165, 1.54) is 0 Å². The Balaban J connectivity index is 2.16. The van der Waals surface area contributed by atoms with Crippen molar-refractivity contribution in [3.05, 3.63) is 11.9 Å². The highest BCUT2D eigenvalue weighted by molar-refractivity contribution is 4.91. The molecule has 0 aliphatic rings. The molecule has 0 bridgehead atoms. The van der Waals surface area contributed by atoms with E-state index in [1.807, 2.05) is 10.9 Å². The third-order valence-corrected chi connectivity index (χ3v) is 2.23. The second-order valence-corrected chi connectivity index (χ2v) is 4.62. The lowest BCUT2D eigenvalue weighted by molar-refractivity contribution is 0.101. The summed E-state index contributed by atoms with van der Waals surface area (Å²) in [6, 6.07) is 0. The van der Waals surface area contributed by atoms with E-state index in [9.17, 15) is 0 Å². The Kier molecular flexibility index (Phi) is 6.81. The van der Waals surface area contributed by atoms with Crippen LogP contribution in [0.3, 0.4) is 0 Å². The van der Waals surface area contributed by atoms with Gasteiger partial charge >= 0.3 is 0 Å². The molecule has 1 aromatic heterocycles. The average molecular weight is 240 g/mol. The third-order valence-electron chi connectivity index (χ3n) is 2.23. The lowest BCUT2D eigenvalue weighted by Crippen LogP contribution is -2.14. The van der Waals surface area contributed by atoms with Crippen molar-refractivity contribution >= 4 is 0 Å². The van der Waals surface area contributed by atoms with Gasteiger partial charge in [0.15, 0.2) is 0 Å². The number of nitrogens with one attached hydrogen (secondary N) is 1. The molecule has 0 aromatic carbocycles. The predicted octanol–water partition coefficient (Wildman–Crippen LogP) is 1.45. The van der Waals surface area contributed by atoms with Crippen LogP contribution in [0.15, 0.2) is 6.20 Å². The number of ether oxygens (including phenoxy) is 1. The summed E-state index contributed by atoms with van der Waals surface area (Å²) in [5, 5.41) is 11.5. The molecule has 5 heteroatoms. The quantitative estimate of drug-likeness (QED) is 0.664. The number of hydrogen-bond acceptors (Lipinski definition) is 4. The monoisotopic (exact) mass is 240 g/mol. The Morgan fingerprint density at radius 3 is 3.00 bits per heavy atom. The highest BCUT2D eigenvalue weighted by atomic mass is 16.5. The molecule has 1 rings (SSSR count). The smallest absolute Gasteiger partial charge is 0.0964 e. The lowest BCUT2D eigenvalue weighted by atomic mass is 10.2. The summed E-state index contributed by atoms with van der Waals surface area (Å²) in [7, 11) is 0. The third kappa shape index (κ3) is 6.38. The van der Waals surface area contributed by atoms with Crippen LogP contribution >= 0.6 is 0 Å². The van der Waals surface area contributed by atoms with E-state index >= 15 is 0 Å². The van der Waals surface area contributed by atoms with Crippen LogP contribution in [0.5, 0.6) is 0 Å². The molecule has 0 radical (unpaired) electrons. The maximum atomic E-state index is 5.50. The van der Waals surface area contributed by atoms with Crippen molar-refractivity contribution in [2.75, 3.05) is 19.8 Å². The Labute approximate surface area is 104 Å². The summed E-state index contributed by atoms with van der Waals surface area (Å²) >= 11 is 0. The minimum atomic E-state index is 0.583. The summed E-state index contributed by atoms with van der Waals surface area (Å²) < 4.78 is 7.34. The zero-order valence-corrected chi connectivity index (χ0v) is 11.1. The fraction of sp³-hybridized carbons (Fsp3) is 0.833. The number of aromatic nitrogens is 3. The molecule has 0 spiro atoms. The first-order chi connectivity index (χ1) is 8.22. The molecule has 5 nitrogen and oxygen atoms in total. The standard InChI is InChI=1S/C12H24N4O/c1-4-5-13-8-12-9-16(15-14-12)6-7-17-10-11(2)3/h9,11,13H,4-8,10H2,1-3H3. The van der Waals surface area contributed by atoms with E-state index in [1.54, 1.807) is 0 Å². The maximum absolute atomic E-state index is 5.50. The van der Waals surface area contributed by atoms with Gasteiger partial charge in [0, 0.05) is 19.3 Å². The fourth-order valence-electron chi connectivity index (χ4n) is 1.40. The maximum Gasteiger partial charge on any atom is 0.0964 e. The van der Waals surface area contributed by atoms with Crippen molar-refractivity contribution < 1.29 is 4.74 Å². The highest BCUT2D eigenvalue weighted by Crippen LogP contribution is 1.95. The molecule has 0 fully saturated rings. The Morgan fingerprint density at radius 1 is 1.47 bits per heavy atom. The lowest BCUT2D eigenvalue weighted by Gasteiger charge is -2.05. The van der Waals surface area contributed by atoms with Crippen LogP contribution in [-0.4, -0.2) is 34.8 Å². The van der Waals surface area contributed by atoms with Crippen LogP contribution in [0.25, 0.3) is 0 Å². The van der Waals surface area contributed by atoms with Crippen LogP contribution in [0.4, 0.5) is 0 Å². The molecule has 1 aromatic rings. The van der Waals surface area contributed by atoms with Gasteiger partial charge in [-0.2, -0.15) is 0 Å². The van der Waals surface area contributed by atoms with Crippen LogP contribution in [-0.2, 0) is 17.8 Å². The van der Waals surface area contributed by atoms with E-state index in [2.05, 4.69) is 36.4 Å². The van der Waals surface area contributed by atoms with Crippen molar-refractivity contribution in [1.82, 2.24) is 20.3 Å². The fourth-order valence-corrected chi connectivity index (χ4v) is 1.40. The molecule has 98 valence electrons. The highest BCUT2D eigenvalue weighted by Gasteiger charge is 2.00. The summed E-state index contributed by atoms with van der Waals surface area (Å²) in [5.41, 5.74) is 0.988. The second-order valence-electron chi connectivity index (χ2n) is 4.62. The van der Waals surface area contributed by atoms with Crippen LogP contribution in [0, 0.1) is 5.92 Å². The molecule has 0 saturated carbocycles. The minimum Gasteiger partial charge on any atom is -0.379 e. The first-order valence-corrected chi connectivity index (χ1v) is 6.39. The zero-order chi connectivity index (χ0) is 12.5. The molecule has 0 aliphatic carbocycles. The average Bonchev–Trinajstić information content (AvgIpc) is 2.73. The van der Waals surface area contributed by atoms with Crippen LogP contribution < -0.4 is 5.32 Å². The summed E-state index contributed by atoms with van der Waals surface area (Å²) in [6.07, 6.45) is 3.11. The molecule has 0 atom stereocenters. The summed E-state index contributed by atoms with van der Waals surface area (Å²) in [5.74, 6) is 0.583. The van der Waals surface area contributed by atoms with E-state index in [4.69, 9.17) is 4.74 Å². The molecular weight excluding hydrogens is 216 g/mol. The molecule has 0 saturated heterocycles.